The van der Waals surface area contributed by atoms with E-state index < -0.39 is 10.0 Å². The molecule has 0 bridgehead atoms. The van der Waals surface area contributed by atoms with E-state index in [9.17, 15) is 13.2 Å². The molecule has 2 N–H and O–H groups in total. The number of carbonyl (C=O) groups is 1. The van der Waals surface area contributed by atoms with E-state index in [1.807, 2.05) is 30.3 Å². The minimum Gasteiger partial charge on any atom is -0.371 e. The molecule has 0 saturated carbocycles. The Morgan fingerprint density at radius 2 is 1.58 bits per heavy atom. The summed E-state index contributed by atoms with van der Waals surface area (Å²) in [5.74, 6) is 0.413. The quantitative estimate of drug-likeness (QED) is 0.594. The Hall–Kier alpha value is -3.32. The Labute approximate surface area is 183 Å². The molecular weight excluding hydrogens is 410 g/mol. The summed E-state index contributed by atoms with van der Waals surface area (Å²) in [7, 11) is -3.72. The number of hydrogen-bond acceptors (Lipinski definition) is 4. The summed E-state index contributed by atoms with van der Waals surface area (Å²) in [5.41, 5.74) is 2.72. The second kappa shape index (κ2) is 8.81. The van der Waals surface area contributed by atoms with Crippen molar-refractivity contribution in [3.05, 3.63) is 84.4 Å². The van der Waals surface area contributed by atoms with Gasteiger partial charge in [-0.3, -0.25) is 9.52 Å². The van der Waals surface area contributed by atoms with Crippen LogP contribution in [0.5, 0.6) is 0 Å². The van der Waals surface area contributed by atoms with Crippen LogP contribution in [0.15, 0.2) is 83.8 Å². The number of sulfonamides is 1. The van der Waals surface area contributed by atoms with Crippen LogP contribution >= 0.6 is 0 Å². The third-order valence-electron chi connectivity index (χ3n) is 5.37. The molecule has 160 valence electrons. The molecule has 31 heavy (non-hydrogen) atoms. The number of carbonyl (C=O) groups excluding carboxylic acids is 1. The number of benzene rings is 3. The van der Waals surface area contributed by atoms with E-state index in [1.54, 1.807) is 24.3 Å². The van der Waals surface area contributed by atoms with Crippen LogP contribution in [0.4, 0.5) is 17.1 Å². The summed E-state index contributed by atoms with van der Waals surface area (Å²) in [6.07, 6.45) is 1.20. The highest BCUT2D eigenvalue weighted by atomic mass is 32.2. The van der Waals surface area contributed by atoms with Crippen molar-refractivity contribution in [3.8, 4) is 0 Å². The Balaban J connectivity index is 1.40. The van der Waals surface area contributed by atoms with E-state index >= 15 is 0 Å². The van der Waals surface area contributed by atoms with Gasteiger partial charge in [-0.2, -0.15) is 0 Å². The Morgan fingerprint density at radius 1 is 0.903 bits per heavy atom. The van der Waals surface area contributed by atoms with Gasteiger partial charge in [0.15, 0.2) is 0 Å². The molecule has 0 spiro atoms. The normalized spacial score (nSPS) is 16.2. The highest BCUT2D eigenvalue weighted by Crippen LogP contribution is 2.25. The minimum absolute atomic E-state index is 0.0945. The van der Waals surface area contributed by atoms with Crippen LogP contribution < -0.4 is 14.9 Å². The molecule has 1 unspecified atom stereocenters. The van der Waals surface area contributed by atoms with Crippen molar-refractivity contribution >= 4 is 33.0 Å². The maximum absolute atomic E-state index is 12.6. The molecule has 1 fully saturated rings. The van der Waals surface area contributed by atoms with E-state index in [4.69, 9.17) is 0 Å². The smallest absolute Gasteiger partial charge is 0.261 e. The highest BCUT2D eigenvalue weighted by Gasteiger charge is 2.19. The van der Waals surface area contributed by atoms with Gasteiger partial charge in [-0.1, -0.05) is 25.1 Å². The summed E-state index contributed by atoms with van der Waals surface area (Å²) in [6, 6.07) is 22.3. The number of nitrogens with one attached hydrogen (secondary N) is 2. The molecule has 6 nitrogen and oxygen atoms in total. The lowest BCUT2D eigenvalue weighted by Gasteiger charge is -2.18. The largest absolute Gasteiger partial charge is 0.371 e. The average Bonchev–Trinajstić information content (AvgIpc) is 3.21. The fraction of sp³-hybridized carbons (Fsp3) is 0.208. The predicted molar refractivity (Wildman–Crippen MR) is 124 cm³/mol. The van der Waals surface area contributed by atoms with Gasteiger partial charge in [0.1, 0.15) is 0 Å². The van der Waals surface area contributed by atoms with E-state index in [2.05, 4.69) is 21.9 Å². The monoisotopic (exact) mass is 435 g/mol. The lowest BCUT2D eigenvalue weighted by atomic mass is 10.2. The molecule has 1 heterocycles. The molecule has 7 heteroatoms. The maximum Gasteiger partial charge on any atom is 0.261 e. The van der Waals surface area contributed by atoms with E-state index in [-0.39, 0.29) is 10.8 Å². The third kappa shape index (κ3) is 5.06. The van der Waals surface area contributed by atoms with Gasteiger partial charge in [-0.15, -0.1) is 0 Å². The average molecular weight is 436 g/mol. The van der Waals surface area contributed by atoms with Gasteiger partial charge >= 0.3 is 0 Å². The van der Waals surface area contributed by atoms with Crippen molar-refractivity contribution in [2.24, 2.45) is 5.92 Å². The number of para-hydroxylation sites is 1. The summed E-state index contributed by atoms with van der Waals surface area (Å²) in [5, 5.41) is 2.86. The SMILES string of the molecule is CC1CCN(c2ccc(NC(=O)c3ccc(S(=O)(=O)Nc4ccccc4)cc3)cc2)C1. The Bertz CT molecular complexity index is 1140. The van der Waals surface area contributed by atoms with E-state index in [0.717, 1.165) is 18.8 Å². The van der Waals surface area contributed by atoms with Crippen LogP contribution in [0.2, 0.25) is 0 Å². The van der Waals surface area contributed by atoms with Gasteiger partial charge in [-0.05, 0) is 73.0 Å². The van der Waals surface area contributed by atoms with Crippen LogP contribution in [-0.2, 0) is 10.0 Å². The van der Waals surface area contributed by atoms with Crippen molar-refractivity contribution in [2.45, 2.75) is 18.2 Å². The molecule has 3 aromatic carbocycles. The van der Waals surface area contributed by atoms with Crippen molar-refractivity contribution in [2.75, 3.05) is 28.0 Å². The Morgan fingerprint density at radius 3 is 2.19 bits per heavy atom. The van der Waals surface area contributed by atoms with Crippen LogP contribution in [0.3, 0.4) is 0 Å². The van der Waals surface area contributed by atoms with E-state index in [0.29, 0.717) is 22.9 Å². The molecule has 3 aromatic rings. The van der Waals surface area contributed by atoms with Crippen LogP contribution in [0, 0.1) is 5.92 Å². The first-order chi connectivity index (χ1) is 14.9. The molecule has 0 aromatic heterocycles. The fourth-order valence-electron chi connectivity index (χ4n) is 3.63. The molecule has 0 aliphatic carbocycles. The van der Waals surface area contributed by atoms with Gasteiger partial charge in [0.25, 0.3) is 15.9 Å². The topological polar surface area (TPSA) is 78.5 Å². The number of nitrogens with zero attached hydrogens (tertiary/aromatic N) is 1. The summed E-state index contributed by atoms with van der Waals surface area (Å²) in [6.45, 7) is 4.37. The van der Waals surface area contributed by atoms with Crippen molar-refractivity contribution in [1.29, 1.82) is 0 Å². The zero-order chi connectivity index (χ0) is 21.8. The van der Waals surface area contributed by atoms with Gasteiger partial charge in [0.05, 0.1) is 4.90 Å². The molecule has 1 saturated heterocycles. The van der Waals surface area contributed by atoms with Crippen LogP contribution in [0.1, 0.15) is 23.7 Å². The van der Waals surface area contributed by atoms with Crippen molar-refractivity contribution < 1.29 is 13.2 Å². The number of anilines is 3. The maximum atomic E-state index is 12.6. The first kappa shape index (κ1) is 20.9. The van der Waals surface area contributed by atoms with Gasteiger partial charge < -0.3 is 10.2 Å². The lowest BCUT2D eigenvalue weighted by molar-refractivity contribution is 0.102. The summed E-state index contributed by atoms with van der Waals surface area (Å²) in [4.78, 5) is 15.0. The first-order valence-corrected chi connectivity index (χ1v) is 11.7. The van der Waals surface area contributed by atoms with Crippen LogP contribution in [-0.4, -0.2) is 27.4 Å². The summed E-state index contributed by atoms with van der Waals surface area (Å²) < 4.78 is 27.6. The first-order valence-electron chi connectivity index (χ1n) is 10.2. The third-order valence-corrected chi connectivity index (χ3v) is 6.76. The number of hydrogen-bond donors (Lipinski definition) is 2. The second-order valence-corrected chi connectivity index (χ2v) is 9.52. The van der Waals surface area contributed by atoms with Crippen molar-refractivity contribution in [3.63, 3.8) is 0 Å². The molecule has 1 aliphatic heterocycles. The standard InChI is InChI=1S/C24H25N3O3S/c1-18-15-16-27(17-18)22-11-9-20(10-12-22)25-24(28)19-7-13-23(14-8-19)31(29,30)26-21-5-3-2-4-6-21/h2-14,18,26H,15-17H2,1H3,(H,25,28). The van der Waals surface area contributed by atoms with Crippen molar-refractivity contribution in [1.82, 2.24) is 0 Å². The predicted octanol–water partition coefficient (Wildman–Crippen LogP) is 4.59. The summed E-state index contributed by atoms with van der Waals surface area (Å²) >= 11 is 0. The second-order valence-electron chi connectivity index (χ2n) is 7.84. The van der Waals surface area contributed by atoms with Crippen LogP contribution in [0.25, 0.3) is 0 Å². The molecule has 4 rings (SSSR count). The minimum atomic E-state index is -3.72. The number of amides is 1. The zero-order valence-corrected chi connectivity index (χ0v) is 18.1. The van der Waals surface area contributed by atoms with Gasteiger partial charge in [-0.25, -0.2) is 8.42 Å². The lowest BCUT2D eigenvalue weighted by Crippen LogP contribution is -2.19. The molecule has 0 radical (unpaired) electrons. The van der Waals surface area contributed by atoms with Gasteiger partial charge in [0.2, 0.25) is 0 Å². The zero-order valence-electron chi connectivity index (χ0n) is 17.3. The highest BCUT2D eigenvalue weighted by molar-refractivity contribution is 7.92. The number of rotatable bonds is 6. The van der Waals surface area contributed by atoms with Gasteiger partial charge in [0, 0.05) is 35.7 Å². The molecule has 1 atom stereocenters. The molecular formula is C24H25N3O3S. The fourth-order valence-corrected chi connectivity index (χ4v) is 4.69. The molecule has 1 amide bonds. The van der Waals surface area contributed by atoms with E-state index in [1.165, 1.54) is 30.7 Å². The molecule has 1 aliphatic rings. The Kier molecular flexibility index (Phi) is 5.95.